The molecule has 0 unspecified atom stereocenters. The minimum atomic E-state index is -1.20. The van der Waals surface area contributed by atoms with Gasteiger partial charge < -0.3 is 9.80 Å². The molecule has 2 aromatic heterocycles. The molecule has 9 nitrogen and oxygen atoms in total. The van der Waals surface area contributed by atoms with Crippen molar-refractivity contribution in [3.63, 3.8) is 0 Å². The highest BCUT2D eigenvalue weighted by Crippen LogP contribution is 2.34. The molecule has 1 aliphatic carbocycles. The van der Waals surface area contributed by atoms with E-state index in [1.54, 1.807) is 29.4 Å². The summed E-state index contributed by atoms with van der Waals surface area (Å²) in [7, 11) is 1.77. The van der Waals surface area contributed by atoms with Crippen molar-refractivity contribution in [3.8, 4) is 0 Å². The van der Waals surface area contributed by atoms with Crippen LogP contribution in [-0.4, -0.2) is 74.8 Å². The van der Waals surface area contributed by atoms with Gasteiger partial charge in [0.15, 0.2) is 5.82 Å². The Bertz CT molecular complexity index is 989. The largest absolute Gasteiger partial charge is 0.338 e. The van der Waals surface area contributed by atoms with Gasteiger partial charge in [0.25, 0.3) is 5.91 Å². The number of aromatic nitrogens is 4. The van der Waals surface area contributed by atoms with Crippen LogP contribution in [0.2, 0.25) is 0 Å². The molecule has 0 bridgehead atoms. The molecule has 2 aliphatic rings. The van der Waals surface area contributed by atoms with Crippen molar-refractivity contribution in [2.24, 2.45) is 5.10 Å². The first-order valence-electron chi connectivity index (χ1n) is 11.5. The van der Waals surface area contributed by atoms with Crippen LogP contribution in [0.1, 0.15) is 56.1 Å². The van der Waals surface area contributed by atoms with E-state index in [2.05, 4.69) is 25.0 Å². The van der Waals surface area contributed by atoms with E-state index in [-0.39, 0.29) is 24.2 Å². The molecule has 0 spiro atoms. The number of aryl methyl sites for hydroxylation is 1. The van der Waals surface area contributed by atoms with Gasteiger partial charge in [-0.2, -0.15) is 5.10 Å². The Morgan fingerprint density at radius 2 is 1.85 bits per heavy atom. The molecule has 0 N–H and O–H groups in total. The van der Waals surface area contributed by atoms with Gasteiger partial charge in [-0.15, -0.1) is 0 Å². The lowest BCUT2D eigenvalue weighted by molar-refractivity contribution is 0.0480. The Labute approximate surface area is 193 Å². The van der Waals surface area contributed by atoms with Crippen LogP contribution in [0.4, 0.5) is 16.2 Å². The number of piperidine rings is 1. The van der Waals surface area contributed by atoms with Gasteiger partial charge in [0, 0.05) is 37.7 Å². The van der Waals surface area contributed by atoms with Gasteiger partial charge in [-0.05, 0) is 45.1 Å². The molecule has 1 saturated carbocycles. The summed E-state index contributed by atoms with van der Waals surface area (Å²) in [6, 6.07) is -0.434. The maximum Gasteiger partial charge on any atom is 0.274 e. The second-order valence-corrected chi connectivity index (χ2v) is 8.84. The minimum Gasteiger partial charge on any atom is -0.338 e. The number of alkyl halides is 1. The van der Waals surface area contributed by atoms with Gasteiger partial charge >= 0.3 is 0 Å². The summed E-state index contributed by atoms with van der Waals surface area (Å²) >= 11 is 0. The van der Waals surface area contributed by atoms with Crippen LogP contribution in [0.25, 0.3) is 0 Å². The number of amides is 1. The topological polar surface area (TPSA) is 90.7 Å². The fourth-order valence-corrected chi connectivity index (χ4v) is 4.10. The standard InChI is InChI=1S/C23H31FN8O/c1-5-16-10-27-23(28-11-16)31-9-8-20(18(24)14-31)32(17-6-7-17)22(33)19-12-26-21(13-25-19)30(4)29-15(2)3/h10-13,17-18,20H,5-9,14H2,1-4H3/t18-,20+/m0/s1. The van der Waals surface area contributed by atoms with Crippen molar-refractivity contribution in [1.29, 1.82) is 0 Å². The fourth-order valence-electron chi connectivity index (χ4n) is 4.10. The molecule has 2 fully saturated rings. The lowest BCUT2D eigenvalue weighted by Gasteiger charge is -2.40. The van der Waals surface area contributed by atoms with E-state index < -0.39 is 12.2 Å². The monoisotopic (exact) mass is 454 g/mol. The molecule has 1 amide bonds. The van der Waals surface area contributed by atoms with Crippen LogP contribution < -0.4 is 9.91 Å². The predicted molar refractivity (Wildman–Crippen MR) is 125 cm³/mol. The summed E-state index contributed by atoms with van der Waals surface area (Å²) in [4.78, 5) is 34.3. The zero-order valence-corrected chi connectivity index (χ0v) is 19.6. The molecule has 2 aromatic rings. The summed E-state index contributed by atoms with van der Waals surface area (Å²) in [5, 5.41) is 5.92. The van der Waals surface area contributed by atoms with Crippen LogP contribution in [0.15, 0.2) is 29.9 Å². The van der Waals surface area contributed by atoms with E-state index in [0.29, 0.717) is 24.7 Å². The lowest BCUT2D eigenvalue weighted by atomic mass is 10.0. The zero-order chi connectivity index (χ0) is 23.5. The van der Waals surface area contributed by atoms with E-state index >= 15 is 4.39 Å². The molecule has 1 aliphatic heterocycles. The molecular weight excluding hydrogens is 423 g/mol. The number of nitrogens with zero attached hydrogens (tertiary/aromatic N) is 8. The number of hydrazone groups is 1. The number of anilines is 2. The van der Waals surface area contributed by atoms with Gasteiger partial charge in [0.1, 0.15) is 11.9 Å². The van der Waals surface area contributed by atoms with E-state index in [0.717, 1.165) is 30.5 Å². The van der Waals surface area contributed by atoms with Crippen LogP contribution in [0.5, 0.6) is 0 Å². The highest BCUT2D eigenvalue weighted by molar-refractivity contribution is 5.93. The molecule has 33 heavy (non-hydrogen) atoms. The fraction of sp³-hybridized carbons (Fsp3) is 0.565. The first-order valence-corrected chi connectivity index (χ1v) is 11.5. The van der Waals surface area contributed by atoms with Crippen LogP contribution in [0, 0.1) is 0 Å². The first-order chi connectivity index (χ1) is 15.9. The van der Waals surface area contributed by atoms with Crippen LogP contribution in [-0.2, 0) is 6.42 Å². The molecule has 176 valence electrons. The van der Waals surface area contributed by atoms with Gasteiger partial charge in [0.05, 0.1) is 25.0 Å². The normalized spacial score (nSPS) is 20.3. The van der Waals surface area contributed by atoms with Crippen molar-refractivity contribution in [2.75, 3.05) is 30.0 Å². The van der Waals surface area contributed by atoms with E-state index in [1.807, 2.05) is 25.7 Å². The van der Waals surface area contributed by atoms with Crippen molar-refractivity contribution >= 4 is 23.4 Å². The highest BCUT2D eigenvalue weighted by atomic mass is 19.1. The van der Waals surface area contributed by atoms with E-state index in [1.165, 1.54) is 12.4 Å². The summed E-state index contributed by atoms with van der Waals surface area (Å²) < 4.78 is 15.4. The van der Waals surface area contributed by atoms with Crippen LogP contribution >= 0.6 is 0 Å². The third-order valence-electron chi connectivity index (χ3n) is 5.96. The lowest BCUT2D eigenvalue weighted by Crippen LogP contribution is -2.55. The number of hydrogen-bond donors (Lipinski definition) is 0. The Kier molecular flexibility index (Phi) is 6.80. The minimum absolute atomic E-state index is 0.0591. The molecule has 10 heteroatoms. The average Bonchev–Trinajstić information content (AvgIpc) is 3.65. The Hall–Kier alpha value is -3.17. The van der Waals surface area contributed by atoms with Gasteiger partial charge in [0.2, 0.25) is 5.95 Å². The smallest absolute Gasteiger partial charge is 0.274 e. The van der Waals surface area contributed by atoms with Crippen molar-refractivity contribution < 1.29 is 9.18 Å². The number of rotatable bonds is 7. The number of carbonyl (C=O) groups is 1. The Morgan fingerprint density at radius 3 is 2.39 bits per heavy atom. The van der Waals surface area contributed by atoms with Crippen molar-refractivity contribution in [1.82, 2.24) is 24.8 Å². The number of carbonyl (C=O) groups excluding carboxylic acids is 1. The second-order valence-electron chi connectivity index (χ2n) is 8.84. The third-order valence-corrected chi connectivity index (χ3v) is 5.96. The maximum absolute atomic E-state index is 15.4. The molecule has 0 radical (unpaired) electrons. The van der Waals surface area contributed by atoms with Gasteiger partial charge in [-0.25, -0.2) is 29.3 Å². The van der Waals surface area contributed by atoms with Crippen LogP contribution in [0.3, 0.4) is 0 Å². The van der Waals surface area contributed by atoms with Gasteiger partial charge in [-0.3, -0.25) is 4.79 Å². The third kappa shape index (κ3) is 5.26. The summed E-state index contributed by atoms with van der Waals surface area (Å²) in [6.45, 7) is 6.58. The zero-order valence-electron chi connectivity index (χ0n) is 19.6. The quantitative estimate of drug-likeness (QED) is 0.469. The Morgan fingerprint density at radius 1 is 1.12 bits per heavy atom. The molecule has 4 rings (SSSR count). The highest BCUT2D eigenvalue weighted by Gasteiger charge is 2.44. The second kappa shape index (κ2) is 9.76. The molecular formula is C23H31FN8O. The van der Waals surface area contributed by atoms with Gasteiger partial charge in [-0.1, -0.05) is 6.92 Å². The maximum atomic E-state index is 15.4. The van der Waals surface area contributed by atoms with Crippen molar-refractivity contribution in [3.05, 3.63) is 36.0 Å². The summed E-state index contributed by atoms with van der Waals surface area (Å²) in [5.74, 6) is 0.809. The van der Waals surface area contributed by atoms with E-state index in [9.17, 15) is 4.79 Å². The first kappa shape index (κ1) is 23.0. The molecule has 1 saturated heterocycles. The summed E-state index contributed by atoms with van der Waals surface area (Å²) in [6.07, 6.45) is 8.51. The predicted octanol–water partition coefficient (Wildman–Crippen LogP) is 2.88. The molecule has 3 heterocycles. The number of hydrogen-bond acceptors (Lipinski definition) is 8. The van der Waals surface area contributed by atoms with Crippen molar-refractivity contribution in [2.45, 2.75) is 64.7 Å². The SMILES string of the molecule is CCc1cnc(N2CC[C@@H](N(C(=O)c3cnc(N(C)N=C(C)C)cn3)C3CC3)[C@@H](F)C2)nc1. The Balaban J connectivity index is 1.46. The molecule has 0 aromatic carbocycles. The van der Waals surface area contributed by atoms with E-state index in [4.69, 9.17) is 0 Å². The summed E-state index contributed by atoms with van der Waals surface area (Å²) in [5.41, 5.74) is 2.15. The average molecular weight is 455 g/mol. The number of halogens is 1. The molecule has 2 atom stereocenters.